The number of carbonyl (C=O) groups is 2. The molecule has 0 aliphatic heterocycles. The number of aromatic nitrogens is 3. The van der Waals surface area contributed by atoms with Crippen LogP contribution < -0.4 is 5.32 Å². The van der Waals surface area contributed by atoms with Crippen LogP contribution in [0.1, 0.15) is 26.7 Å². The third kappa shape index (κ3) is 3.23. The number of hydrogen-bond acceptors (Lipinski definition) is 7. The van der Waals surface area contributed by atoms with E-state index in [0.717, 1.165) is 0 Å². The van der Waals surface area contributed by atoms with E-state index in [0.29, 0.717) is 5.76 Å². The third-order valence-electron chi connectivity index (χ3n) is 2.85. The minimum atomic E-state index is -1.16. The van der Waals surface area contributed by atoms with Gasteiger partial charge in [0.05, 0.1) is 18.4 Å². The fourth-order valence-electron chi connectivity index (χ4n) is 1.74. The lowest BCUT2D eigenvalue weighted by Crippen LogP contribution is -2.23. The molecule has 0 unspecified atom stereocenters. The molecule has 9 heteroatoms. The number of amides is 1. The average Bonchev–Trinajstić information content (AvgIpc) is 3.23. The number of pyridine rings is 1. The lowest BCUT2D eigenvalue weighted by molar-refractivity contribution is 0.0689. The van der Waals surface area contributed by atoms with Crippen molar-refractivity contribution in [2.24, 2.45) is 0 Å². The number of hydrogen-bond donors (Lipinski definition) is 2. The van der Waals surface area contributed by atoms with E-state index in [1.165, 1.54) is 24.6 Å². The zero-order valence-corrected chi connectivity index (χ0v) is 11.6. The SMILES string of the molecule is O=C(NCc1noc(-c2ccco2)n1)c1ccc(C(=O)O)nc1. The number of carboxylic acid groups (broad SMARTS) is 1. The van der Waals surface area contributed by atoms with Gasteiger partial charge in [-0.2, -0.15) is 4.98 Å². The van der Waals surface area contributed by atoms with Crippen molar-refractivity contribution in [3.8, 4) is 11.7 Å². The van der Waals surface area contributed by atoms with Crippen LogP contribution in [0.15, 0.2) is 45.7 Å². The summed E-state index contributed by atoms with van der Waals surface area (Å²) in [4.78, 5) is 30.4. The Labute approximate surface area is 129 Å². The summed E-state index contributed by atoms with van der Waals surface area (Å²) in [5.41, 5.74) is 0.0903. The molecule has 0 spiro atoms. The Bertz CT molecular complexity index is 823. The topological polar surface area (TPSA) is 131 Å². The van der Waals surface area contributed by atoms with Crippen molar-refractivity contribution in [2.45, 2.75) is 6.54 Å². The zero-order chi connectivity index (χ0) is 16.2. The van der Waals surface area contributed by atoms with Crippen LogP contribution in [-0.4, -0.2) is 32.1 Å². The number of furan rings is 1. The molecular formula is C14H10N4O5. The van der Waals surface area contributed by atoms with Crippen molar-refractivity contribution in [3.63, 3.8) is 0 Å². The van der Waals surface area contributed by atoms with Crippen LogP contribution in [0.5, 0.6) is 0 Å². The minimum absolute atomic E-state index is 0.0454. The number of carboxylic acids is 1. The molecule has 2 N–H and O–H groups in total. The molecule has 0 atom stereocenters. The summed E-state index contributed by atoms with van der Waals surface area (Å²) in [5, 5.41) is 15.1. The summed E-state index contributed by atoms with van der Waals surface area (Å²) >= 11 is 0. The fraction of sp³-hybridized carbons (Fsp3) is 0.0714. The maximum Gasteiger partial charge on any atom is 0.354 e. The molecule has 0 bridgehead atoms. The molecule has 3 rings (SSSR count). The average molecular weight is 314 g/mol. The van der Waals surface area contributed by atoms with Crippen LogP contribution in [0.3, 0.4) is 0 Å². The molecule has 0 saturated carbocycles. The van der Waals surface area contributed by atoms with E-state index in [1.54, 1.807) is 12.1 Å². The maximum atomic E-state index is 11.9. The van der Waals surface area contributed by atoms with Crippen LogP contribution in [0.4, 0.5) is 0 Å². The Kier molecular flexibility index (Phi) is 3.83. The first-order chi connectivity index (χ1) is 11.1. The van der Waals surface area contributed by atoms with Gasteiger partial charge in [-0.3, -0.25) is 4.79 Å². The van der Waals surface area contributed by atoms with Gasteiger partial charge < -0.3 is 19.4 Å². The second-order valence-corrected chi connectivity index (χ2v) is 4.41. The Hall–Kier alpha value is -3.49. The summed E-state index contributed by atoms with van der Waals surface area (Å²) in [6.45, 7) is 0.0454. The highest BCUT2D eigenvalue weighted by molar-refractivity contribution is 5.94. The highest BCUT2D eigenvalue weighted by Crippen LogP contribution is 2.16. The van der Waals surface area contributed by atoms with Crippen LogP contribution >= 0.6 is 0 Å². The van der Waals surface area contributed by atoms with E-state index in [1.807, 2.05) is 0 Å². The quantitative estimate of drug-likeness (QED) is 0.721. The molecule has 0 saturated heterocycles. The van der Waals surface area contributed by atoms with Crippen LogP contribution in [-0.2, 0) is 6.54 Å². The summed E-state index contributed by atoms with van der Waals surface area (Å²) in [5.74, 6) is -0.664. The predicted octanol–water partition coefficient (Wildman–Crippen LogP) is 1.35. The standard InChI is InChI=1S/C14H10N4O5/c19-12(8-3-4-9(14(20)21)15-6-8)16-7-11-17-13(23-18-11)10-2-1-5-22-10/h1-6H,7H2,(H,16,19)(H,20,21). The molecule has 1 amide bonds. The van der Waals surface area contributed by atoms with Crippen molar-refractivity contribution in [2.75, 3.05) is 0 Å². The summed E-state index contributed by atoms with van der Waals surface area (Å²) in [7, 11) is 0. The van der Waals surface area contributed by atoms with E-state index in [4.69, 9.17) is 14.0 Å². The number of nitrogens with one attached hydrogen (secondary N) is 1. The number of carbonyl (C=O) groups excluding carboxylic acids is 1. The molecule has 0 radical (unpaired) electrons. The number of nitrogens with zero attached hydrogens (tertiary/aromatic N) is 3. The van der Waals surface area contributed by atoms with E-state index in [9.17, 15) is 9.59 Å². The van der Waals surface area contributed by atoms with Crippen molar-refractivity contribution < 1.29 is 23.6 Å². The van der Waals surface area contributed by atoms with E-state index in [-0.39, 0.29) is 29.5 Å². The second kappa shape index (κ2) is 6.10. The van der Waals surface area contributed by atoms with Gasteiger partial charge in [0.2, 0.25) is 0 Å². The smallest absolute Gasteiger partial charge is 0.354 e. The van der Waals surface area contributed by atoms with Gasteiger partial charge in [0.25, 0.3) is 11.8 Å². The molecule has 0 aliphatic carbocycles. The third-order valence-corrected chi connectivity index (χ3v) is 2.85. The molecule has 0 aromatic carbocycles. The van der Waals surface area contributed by atoms with Gasteiger partial charge >= 0.3 is 5.97 Å². The maximum absolute atomic E-state index is 11.9. The Balaban J connectivity index is 1.61. The Morgan fingerprint density at radius 1 is 1.26 bits per heavy atom. The first kappa shape index (κ1) is 14.4. The summed E-state index contributed by atoms with van der Waals surface area (Å²) in [6, 6.07) is 5.98. The molecule has 9 nitrogen and oxygen atoms in total. The Morgan fingerprint density at radius 2 is 2.13 bits per heavy atom. The van der Waals surface area contributed by atoms with Crippen molar-refractivity contribution in [1.82, 2.24) is 20.4 Å². The largest absolute Gasteiger partial charge is 0.477 e. The monoisotopic (exact) mass is 314 g/mol. The van der Waals surface area contributed by atoms with Crippen LogP contribution in [0.25, 0.3) is 11.7 Å². The van der Waals surface area contributed by atoms with Crippen molar-refractivity contribution >= 4 is 11.9 Å². The first-order valence-corrected chi connectivity index (χ1v) is 6.47. The lowest BCUT2D eigenvalue weighted by atomic mass is 10.2. The van der Waals surface area contributed by atoms with Gasteiger partial charge in [-0.1, -0.05) is 5.16 Å². The summed E-state index contributed by atoms with van der Waals surface area (Å²) in [6.07, 6.45) is 2.66. The molecule has 23 heavy (non-hydrogen) atoms. The van der Waals surface area contributed by atoms with Gasteiger partial charge in [0.15, 0.2) is 11.6 Å². The van der Waals surface area contributed by atoms with Gasteiger partial charge in [-0.05, 0) is 24.3 Å². The van der Waals surface area contributed by atoms with E-state index >= 15 is 0 Å². The molecule has 116 valence electrons. The highest BCUT2D eigenvalue weighted by Gasteiger charge is 2.13. The van der Waals surface area contributed by atoms with Gasteiger partial charge in [-0.15, -0.1) is 0 Å². The molecule has 0 fully saturated rings. The van der Waals surface area contributed by atoms with Gasteiger partial charge in [-0.25, -0.2) is 9.78 Å². The molecule has 3 heterocycles. The fourth-order valence-corrected chi connectivity index (χ4v) is 1.74. The first-order valence-electron chi connectivity index (χ1n) is 6.47. The van der Waals surface area contributed by atoms with Crippen molar-refractivity contribution in [3.05, 3.63) is 53.8 Å². The number of aromatic carboxylic acids is 1. The molecular weight excluding hydrogens is 304 g/mol. The number of rotatable bonds is 5. The molecule has 3 aromatic rings. The second-order valence-electron chi connectivity index (χ2n) is 4.41. The Morgan fingerprint density at radius 3 is 2.78 bits per heavy atom. The predicted molar refractivity (Wildman–Crippen MR) is 74.4 cm³/mol. The van der Waals surface area contributed by atoms with Crippen LogP contribution in [0.2, 0.25) is 0 Å². The van der Waals surface area contributed by atoms with Crippen LogP contribution in [0, 0.1) is 0 Å². The molecule has 3 aromatic heterocycles. The molecule has 0 aliphatic rings. The zero-order valence-electron chi connectivity index (χ0n) is 11.6. The highest BCUT2D eigenvalue weighted by atomic mass is 16.5. The normalized spacial score (nSPS) is 10.4. The van der Waals surface area contributed by atoms with Crippen molar-refractivity contribution in [1.29, 1.82) is 0 Å². The van der Waals surface area contributed by atoms with E-state index < -0.39 is 11.9 Å². The summed E-state index contributed by atoms with van der Waals surface area (Å²) < 4.78 is 10.1. The van der Waals surface area contributed by atoms with Gasteiger partial charge in [0, 0.05) is 6.20 Å². The lowest BCUT2D eigenvalue weighted by Gasteiger charge is -2.02. The van der Waals surface area contributed by atoms with Gasteiger partial charge in [0.1, 0.15) is 5.69 Å². The van der Waals surface area contributed by atoms with E-state index in [2.05, 4.69) is 20.4 Å². The minimum Gasteiger partial charge on any atom is -0.477 e.